The zero-order valence-electron chi connectivity index (χ0n) is 24.0. The van der Waals surface area contributed by atoms with Crippen molar-refractivity contribution in [3.05, 3.63) is 107 Å². The molecule has 3 heterocycles. The first kappa shape index (κ1) is 29.1. The summed E-state index contributed by atoms with van der Waals surface area (Å²) < 4.78 is 0.510. The average molecular weight is 612 g/mol. The maximum absolute atomic E-state index is 14.2. The standard InChI is InChI=1S/C32H33N7O4S/c1-2-14-37-20-29(41)38-27(16-21-8-11-24(40)12-9-21)30(42)36(18-23-10-13-25-26(15-23)35-31(44)34-25)19-28(38)39(37)32(43)33-17-22-6-4-3-5-7-22/h2-13,15,27-28,40H,1,14,16-20H2,(H,33,43)(H2,34,35,44)/t27-,28-/m0/s1. The lowest BCUT2D eigenvalue weighted by molar-refractivity contribution is -0.189. The van der Waals surface area contributed by atoms with Gasteiger partial charge in [0.25, 0.3) is 0 Å². The van der Waals surface area contributed by atoms with Gasteiger partial charge in [0.15, 0.2) is 4.77 Å². The van der Waals surface area contributed by atoms with Gasteiger partial charge in [-0.15, -0.1) is 6.58 Å². The Hall–Kier alpha value is -4.94. The number of aromatic nitrogens is 2. The van der Waals surface area contributed by atoms with E-state index in [1.807, 2.05) is 48.5 Å². The van der Waals surface area contributed by atoms with Crippen LogP contribution >= 0.6 is 12.2 Å². The predicted octanol–water partition coefficient (Wildman–Crippen LogP) is 3.67. The van der Waals surface area contributed by atoms with Gasteiger partial charge in [0.05, 0.1) is 24.1 Å². The molecule has 0 saturated carbocycles. The number of rotatable bonds is 8. The van der Waals surface area contributed by atoms with Crippen molar-refractivity contribution in [1.29, 1.82) is 0 Å². The van der Waals surface area contributed by atoms with Crippen LogP contribution in [0.5, 0.6) is 5.75 Å². The minimum Gasteiger partial charge on any atom is -0.508 e. The van der Waals surface area contributed by atoms with Crippen molar-refractivity contribution in [3.8, 4) is 5.75 Å². The van der Waals surface area contributed by atoms with Gasteiger partial charge in [-0.3, -0.25) is 9.59 Å². The smallest absolute Gasteiger partial charge is 0.334 e. The van der Waals surface area contributed by atoms with Gasteiger partial charge < -0.3 is 30.2 Å². The fourth-order valence-electron chi connectivity index (χ4n) is 5.95. The maximum Gasteiger partial charge on any atom is 0.334 e. The molecule has 2 atom stereocenters. The molecule has 0 spiro atoms. The molecule has 0 bridgehead atoms. The second-order valence-electron chi connectivity index (χ2n) is 11.0. The van der Waals surface area contributed by atoms with Gasteiger partial charge in [0, 0.05) is 26.1 Å². The monoisotopic (exact) mass is 611 g/mol. The van der Waals surface area contributed by atoms with Crippen molar-refractivity contribution in [2.24, 2.45) is 0 Å². The van der Waals surface area contributed by atoms with E-state index in [9.17, 15) is 19.5 Å². The van der Waals surface area contributed by atoms with E-state index in [-0.39, 0.29) is 56.2 Å². The summed E-state index contributed by atoms with van der Waals surface area (Å²) in [4.78, 5) is 51.2. The van der Waals surface area contributed by atoms with Gasteiger partial charge in [-0.1, -0.05) is 54.6 Å². The molecule has 44 heavy (non-hydrogen) atoms. The fraction of sp³-hybridized carbons (Fsp3) is 0.250. The van der Waals surface area contributed by atoms with Crippen LogP contribution in [0.4, 0.5) is 4.79 Å². The molecule has 6 rings (SSSR count). The Kier molecular flexibility index (Phi) is 8.18. The SMILES string of the molecule is C=CCN1CC(=O)N2[C@@H](Cc3ccc(O)cc3)C(=O)N(Cc3ccc4[nH]c(=S)[nH]c4c3)C[C@@H]2N1C(=O)NCc1ccccc1. The largest absolute Gasteiger partial charge is 0.508 e. The van der Waals surface area contributed by atoms with E-state index in [0.717, 1.165) is 27.7 Å². The number of imidazole rings is 1. The van der Waals surface area contributed by atoms with E-state index >= 15 is 0 Å². The van der Waals surface area contributed by atoms with Gasteiger partial charge in [0.2, 0.25) is 11.8 Å². The summed E-state index contributed by atoms with van der Waals surface area (Å²) in [6, 6.07) is 20.7. The number of amides is 4. The highest BCUT2D eigenvalue weighted by Crippen LogP contribution is 2.30. The number of urea groups is 1. The van der Waals surface area contributed by atoms with Gasteiger partial charge >= 0.3 is 6.03 Å². The zero-order valence-corrected chi connectivity index (χ0v) is 24.8. The van der Waals surface area contributed by atoms with Crippen molar-refractivity contribution >= 4 is 41.1 Å². The topological polar surface area (TPSA) is 128 Å². The minimum atomic E-state index is -0.858. The molecule has 2 fully saturated rings. The Bertz CT molecular complexity index is 1750. The number of benzene rings is 3. The quantitative estimate of drug-likeness (QED) is 0.178. The number of hydrogen-bond donors (Lipinski definition) is 4. The zero-order chi connectivity index (χ0) is 30.8. The Morgan fingerprint density at radius 1 is 1.00 bits per heavy atom. The van der Waals surface area contributed by atoms with Crippen LogP contribution in [-0.2, 0) is 29.1 Å². The number of piperazine rings is 1. The molecule has 11 nitrogen and oxygen atoms in total. The summed E-state index contributed by atoms with van der Waals surface area (Å²) in [6.07, 6.45) is 1.12. The van der Waals surface area contributed by atoms with Crippen LogP contribution < -0.4 is 5.32 Å². The van der Waals surface area contributed by atoms with Gasteiger partial charge in [-0.25, -0.2) is 14.8 Å². The molecule has 0 radical (unpaired) electrons. The highest BCUT2D eigenvalue weighted by atomic mass is 32.1. The second kappa shape index (κ2) is 12.3. The number of hydrogen-bond acceptors (Lipinski definition) is 6. The van der Waals surface area contributed by atoms with E-state index in [2.05, 4.69) is 21.9 Å². The van der Waals surface area contributed by atoms with Crippen molar-refractivity contribution in [2.75, 3.05) is 19.6 Å². The first-order valence-corrected chi connectivity index (χ1v) is 14.8. The molecule has 2 aliphatic heterocycles. The molecule has 4 amide bonds. The number of nitrogens with one attached hydrogen (secondary N) is 3. The van der Waals surface area contributed by atoms with Gasteiger partial charge in [-0.05, 0) is 53.2 Å². The van der Waals surface area contributed by atoms with Crippen molar-refractivity contribution < 1.29 is 19.5 Å². The van der Waals surface area contributed by atoms with Gasteiger partial charge in [-0.2, -0.15) is 0 Å². The van der Waals surface area contributed by atoms with Crippen molar-refractivity contribution in [2.45, 2.75) is 31.7 Å². The highest BCUT2D eigenvalue weighted by molar-refractivity contribution is 7.71. The lowest BCUT2D eigenvalue weighted by atomic mass is 9.98. The third-order valence-electron chi connectivity index (χ3n) is 7.98. The van der Waals surface area contributed by atoms with Crippen molar-refractivity contribution in [3.63, 3.8) is 0 Å². The summed E-state index contributed by atoms with van der Waals surface area (Å²) in [7, 11) is 0. The number of phenols is 1. The molecule has 4 aromatic rings. The third-order valence-corrected chi connectivity index (χ3v) is 8.19. The Balaban J connectivity index is 1.35. The number of hydrazine groups is 1. The van der Waals surface area contributed by atoms with Crippen LogP contribution in [0.15, 0.2) is 85.5 Å². The summed E-state index contributed by atoms with van der Waals surface area (Å²) in [5.74, 6) is -0.355. The lowest BCUT2D eigenvalue weighted by Crippen LogP contribution is -2.76. The fourth-order valence-corrected chi connectivity index (χ4v) is 6.17. The first-order chi connectivity index (χ1) is 21.3. The predicted molar refractivity (Wildman–Crippen MR) is 167 cm³/mol. The number of nitrogens with zero attached hydrogens (tertiary/aromatic N) is 4. The molecule has 1 aromatic heterocycles. The molecule has 2 aliphatic rings. The molecule has 0 unspecified atom stereocenters. The van der Waals surface area contributed by atoms with Crippen LogP contribution in [0, 0.1) is 4.77 Å². The van der Waals surface area contributed by atoms with E-state index in [1.54, 1.807) is 50.2 Å². The van der Waals surface area contributed by atoms with E-state index in [1.165, 1.54) is 0 Å². The number of carbonyl (C=O) groups is 3. The van der Waals surface area contributed by atoms with Crippen LogP contribution in [-0.4, -0.2) is 84.6 Å². The number of aromatic amines is 2. The number of phenolic OH excluding ortho intramolecular Hbond substituents is 1. The lowest BCUT2D eigenvalue weighted by Gasteiger charge is -2.55. The highest BCUT2D eigenvalue weighted by Gasteiger charge is 2.51. The van der Waals surface area contributed by atoms with Crippen LogP contribution in [0.2, 0.25) is 0 Å². The molecule has 3 aromatic carbocycles. The molecule has 226 valence electrons. The summed E-state index contributed by atoms with van der Waals surface area (Å²) >= 11 is 5.24. The number of H-pyrrole nitrogens is 2. The van der Waals surface area contributed by atoms with Gasteiger partial charge in [0.1, 0.15) is 18.0 Å². The van der Waals surface area contributed by atoms with E-state index < -0.39 is 12.2 Å². The Morgan fingerprint density at radius 3 is 2.48 bits per heavy atom. The molecule has 0 aliphatic carbocycles. The Labute approximate surface area is 259 Å². The molecule has 2 saturated heterocycles. The normalized spacial score (nSPS) is 18.9. The minimum absolute atomic E-state index is 0.0793. The third kappa shape index (κ3) is 5.94. The van der Waals surface area contributed by atoms with Crippen LogP contribution in [0.25, 0.3) is 11.0 Å². The molecule has 4 N–H and O–H groups in total. The summed E-state index contributed by atoms with van der Waals surface area (Å²) in [5.41, 5.74) is 4.28. The van der Waals surface area contributed by atoms with Crippen LogP contribution in [0.1, 0.15) is 16.7 Å². The summed E-state index contributed by atoms with van der Waals surface area (Å²) in [5, 5.41) is 16.1. The van der Waals surface area contributed by atoms with Crippen LogP contribution in [0.3, 0.4) is 0 Å². The number of aromatic hydroxyl groups is 1. The Morgan fingerprint density at radius 2 is 1.73 bits per heavy atom. The second-order valence-corrected chi connectivity index (χ2v) is 11.4. The molecular weight excluding hydrogens is 578 g/mol. The number of carbonyl (C=O) groups excluding carboxylic acids is 3. The average Bonchev–Trinajstić information content (AvgIpc) is 3.39. The molecule has 12 heteroatoms. The summed E-state index contributed by atoms with van der Waals surface area (Å²) in [6.45, 7) is 4.72. The van der Waals surface area contributed by atoms with E-state index in [0.29, 0.717) is 11.3 Å². The first-order valence-electron chi connectivity index (χ1n) is 14.4. The molecular formula is C32H33N7O4S. The maximum atomic E-state index is 14.2. The number of fused-ring (bicyclic) bond motifs is 2. The van der Waals surface area contributed by atoms with Crippen molar-refractivity contribution in [1.82, 2.24) is 35.1 Å². The van der Waals surface area contributed by atoms with E-state index in [4.69, 9.17) is 12.2 Å².